The molecule has 1 rings (SSSR count). The number of amides is 2. The van der Waals surface area contributed by atoms with Crippen molar-refractivity contribution in [3.63, 3.8) is 0 Å². The molecule has 0 radical (unpaired) electrons. The number of H-pyrrole nitrogens is 1. The number of carboxylic acids is 1. The van der Waals surface area contributed by atoms with Crippen LogP contribution in [-0.4, -0.2) is 45.8 Å². The van der Waals surface area contributed by atoms with Gasteiger partial charge in [-0.3, -0.25) is 9.89 Å². The number of rotatable bonds is 7. The molecule has 1 aromatic heterocycles. The van der Waals surface area contributed by atoms with Crippen molar-refractivity contribution in [1.29, 1.82) is 0 Å². The molecule has 7 nitrogen and oxygen atoms in total. The summed E-state index contributed by atoms with van der Waals surface area (Å²) in [4.78, 5) is 24.5. The first-order valence-corrected chi connectivity index (χ1v) is 6.59. The summed E-state index contributed by atoms with van der Waals surface area (Å²) in [6.07, 6.45) is 3.90. The highest BCUT2D eigenvalue weighted by Crippen LogP contribution is 2.11. The van der Waals surface area contributed by atoms with Gasteiger partial charge in [0.25, 0.3) is 0 Å². The van der Waals surface area contributed by atoms with Gasteiger partial charge in [0.1, 0.15) is 0 Å². The molecule has 0 bridgehead atoms. The fraction of sp³-hybridized carbons (Fsp3) is 0.615. The third-order valence-electron chi connectivity index (χ3n) is 2.93. The third-order valence-corrected chi connectivity index (χ3v) is 2.93. The lowest BCUT2D eigenvalue weighted by Gasteiger charge is -2.20. The van der Waals surface area contributed by atoms with E-state index in [0.29, 0.717) is 13.0 Å². The van der Waals surface area contributed by atoms with E-state index in [-0.39, 0.29) is 18.5 Å². The van der Waals surface area contributed by atoms with Crippen molar-refractivity contribution < 1.29 is 14.7 Å². The van der Waals surface area contributed by atoms with E-state index in [0.717, 1.165) is 5.56 Å². The van der Waals surface area contributed by atoms with Gasteiger partial charge in [0, 0.05) is 25.4 Å². The van der Waals surface area contributed by atoms with E-state index in [1.807, 2.05) is 13.8 Å². The number of carbonyl (C=O) groups is 2. The van der Waals surface area contributed by atoms with Crippen molar-refractivity contribution in [1.82, 2.24) is 20.4 Å². The van der Waals surface area contributed by atoms with E-state index in [2.05, 4.69) is 15.5 Å². The first-order valence-electron chi connectivity index (χ1n) is 6.59. The minimum atomic E-state index is -0.878. The zero-order valence-corrected chi connectivity index (χ0v) is 12.1. The molecule has 0 saturated heterocycles. The molecular formula is C13H22N4O3. The predicted molar refractivity (Wildman–Crippen MR) is 74.0 cm³/mol. The maximum atomic E-state index is 11.9. The molecule has 0 aromatic carbocycles. The summed E-state index contributed by atoms with van der Waals surface area (Å²) in [5.41, 5.74) is 0.889. The normalized spacial score (nSPS) is 12.2. The number of aliphatic carboxylic acids is 1. The van der Waals surface area contributed by atoms with Crippen LogP contribution in [0.5, 0.6) is 0 Å². The number of carboxylic acid groups (broad SMARTS) is 1. The Bertz CT molecular complexity index is 431. The molecule has 7 heteroatoms. The summed E-state index contributed by atoms with van der Waals surface area (Å²) in [7, 11) is 1.65. The summed E-state index contributed by atoms with van der Waals surface area (Å²) in [5.74, 6) is -1.16. The number of hydrogen-bond donors (Lipinski definition) is 3. The van der Waals surface area contributed by atoms with Crippen molar-refractivity contribution in [2.24, 2.45) is 11.8 Å². The molecule has 112 valence electrons. The Morgan fingerprint density at radius 1 is 1.50 bits per heavy atom. The molecule has 0 aliphatic carbocycles. The second-order valence-corrected chi connectivity index (χ2v) is 5.31. The molecule has 3 N–H and O–H groups in total. The average Bonchev–Trinajstić information content (AvgIpc) is 2.85. The molecule has 1 atom stereocenters. The number of carbonyl (C=O) groups excluding carboxylic acids is 1. The maximum Gasteiger partial charge on any atom is 0.317 e. The molecule has 1 unspecified atom stereocenters. The highest BCUT2D eigenvalue weighted by molar-refractivity contribution is 5.75. The van der Waals surface area contributed by atoms with Crippen LogP contribution in [0, 0.1) is 11.8 Å². The van der Waals surface area contributed by atoms with E-state index in [1.54, 1.807) is 19.4 Å². The molecule has 1 aromatic rings. The van der Waals surface area contributed by atoms with Crippen LogP contribution in [-0.2, 0) is 11.3 Å². The van der Waals surface area contributed by atoms with Crippen LogP contribution in [0.15, 0.2) is 12.4 Å². The van der Waals surface area contributed by atoms with Crippen LogP contribution < -0.4 is 5.32 Å². The fourth-order valence-electron chi connectivity index (χ4n) is 1.90. The van der Waals surface area contributed by atoms with Crippen molar-refractivity contribution in [3.8, 4) is 0 Å². The number of hydrogen-bond acceptors (Lipinski definition) is 3. The van der Waals surface area contributed by atoms with Gasteiger partial charge in [0.2, 0.25) is 0 Å². The Morgan fingerprint density at radius 3 is 2.70 bits per heavy atom. The minimum absolute atomic E-state index is 0.141. The molecule has 2 amide bonds. The van der Waals surface area contributed by atoms with E-state index in [1.165, 1.54) is 4.90 Å². The molecular weight excluding hydrogens is 260 g/mol. The quantitative estimate of drug-likeness (QED) is 0.702. The van der Waals surface area contributed by atoms with Gasteiger partial charge in [0.15, 0.2) is 0 Å². The lowest BCUT2D eigenvalue weighted by molar-refractivity contribution is -0.142. The number of aromatic amines is 1. The smallest absolute Gasteiger partial charge is 0.317 e. The fourth-order valence-corrected chi connectivity index (χ4v) is 1.90. The largest absolute Gasteiger partial charge is 0.481 e. The van der Waals surface area contributed by atoms with E-state index < -0.39 is 11.9 Å². The van der Waals surface area contributed by atoms with E-state index in [9.17, 15) is 9.59 Å². The minimum Gasteiger partial charge on any atom is -0.481 e. The first-order chi connectivity index (χ1) is 9.40. The molecule has 0 fully saturated rings. The number of aromatic nitrogens is 2. The zero-order chi connectivity index (χ0) is 15.1. The zero-order valence-electron chi connectivity index (χ0n) is 12.1. The predicted octanol–water partition coefficient (Wildman–Crippen LogP) is 1.30. The topological polar surface area (TPSA) is 98.3 Å². The Morgan fingerprint density at radius 2 is 2.20 bits per heavy atom. The first kappa shape index (κ1) is 16.0. The van der Waals surface area contributed by atoms with Gasteiger partial charge in [-0.25, -0.2) is 4.79 Å². The second-order valence-electron chi connectivity index (χ2n) is 5.31. The molecule has 0 spiro atoms. The summed E-state index contributed by atoms with van der Waals surface area (Å²) >= 11 is 0. The van der Waals surface area contributed by atoms with E-state index in [4.69, 9.17) is 5.11 Å². The molecule has 0 aliphatic rings. The van der Waals surface area contributed by atoms with Crippen LogP contribution in [0.1, 0.15) is 25.8 Å². The summed E-state index contributed by atoms with van der Waals surface area (Å²) in [5, 5.41) is 18.2. The molecule has 20 heavy (non-hydrogen) atoms. The molecule has 0 saturated carbocycles. The SMILES string of the molecule is CC(C)CC(CNC(=O)N(C)Cc1cn[nH]c1)C(=O)O. The van der Waals surface area contributed by atoms with Crippen LogP contribution >= 0.6 is 0 Å². The lowest BCUT2D eigenvalue weighted by atomic mass is 9.97. The van der Waals surface area contributed by atoms with E-state index >= 15 is 0 Å². The number of nitrogens with zero attached hydrogens (tertiary/aromatic N) is 2. The Hall–Kier alpha value is -2.05. The third kappa shape index (κ3) is 5.29. The summed E-state index contributed by atoms with van der Waals surface area (Å²) < 4.78 is 0. The van der Waals surface area contributed by atoms with Gasteiger partial charge < -0.3 is 15.3 Å². The van der Waals surface area contributed by atoms with Crippen LogP contribution in [0.4, 0.5) is 4.79 Å². The maximum absolute atomic E-state index is 11.9. The van der Waals surface area contributed by atoms with Crippen LogP contribution in [0.2, 0.25) is 0 Å². The molecule has 1 heterocycles. The summed E-state index contributed by atoms with van der Waals surface area (Å²) in [6, 6.07) is -0.291. The van der Waals surface area contributed by atoms with Crippen molar-refractivity contribution in [2.75, 3.05) is 13.6 Å². The Labute approximate surface area is 118 Å². The highest BCUT2D eigenvalue weighted by atomic mass is 16.4. The van der Waals surface area contributed by atoms with Gasteiger partial charge in [-0.15, -0.1) is 0 Å². The second kappa shape index (κ2) is 7.52. The number of urea groups is 1. The average molecular weight is 282 g/mol. The van der Waals surface area contributed by atoms with Crippen molar-refractivity contribution in [3.05, 3.63) is 18.0 Å². The van der Waals surface area contributed by atoms with Crippen LogP contribution in [0.3, 0.4) is 0 Å². The number of nitrogens with one attached hydrogen (secondary N) is 2. The monoisotopic (exact) mass is 282 g/mol. The Kier molecular flexibility index (Phi) is 6.02. The van der Waals surface area contributed by atoms with Gasteiger partial charge in [-0.1, -0.05) is 13.8 Å². The van der Waals surface area contributed by atoms with Gasteiger partial charge >= 0.3 is 12.0 Å². The molecule has 0 aliphatic heterocycles. The van der Waals surface area contributed by atoms with Gasteiger partial charge in [-0.05, 0) is 12.3 Å². The summed E-state index contributed by atoms with van der Waals surface area (Å²) in [6.45, 7) is 4.48. The van der Waals surface area contributed by atoms with Crippen molar-refractivity contribution in [2.45, 2.75) is 26.8 Å². The van der Waals surface area contributed by atoms with Gasteiger partial charge in [-0.2, -0.15) is 5.10 Å². The Balaban J connectivity index is 2.42. The van der Waals surface area contributed by atoms with Crippen molar-refractivity contribution >= 4 is 12.0 Å². The standard InChI is InChI=1S/C13H22N4O3/c1-9(2)4-11(12(18)19)7-14-13(20)17(3)8-10-5-15-16-6-10/h5-6,9,11H,4,7-8H2,1-3H3,(H,14,20)(H,15,16)(H,18,19). The lowest BCUT2D eigenvalue weighted by Crippen LogP contribution is -2.40. The highest BCUT2D eigenvalue weighted by Gasteiger charge is 2.20. The van der Waals surface area contributed by atoms with Crippen LogP contribution in [0.25, 0.3) is 0 Å². The van der Waals surface area contributed by atoms with Gasteiger partial charge in [0.05, 0.1) is 18.7 Å².